The van der Waals surface area contributed by atoms with Gasteiger partial charge in [0.15, 0.2) is 0 Å². The Hall–Kier alpha value is -1.63. The van der Waals surface area contributed by atoms with E-state index in [2.05, 4.69) is 0 Å². The van der Waals surface area contributed by atoms with E-state index < -0.39 is 43.1 Å². The highest BCUT2D eigenvalue weighted by atomic mass is 35.5. The molecule has 5 nitrogen and oxygen atoms in total. The highest BCUT2D eigenvalue weighted by molar-refractivity contribution is 6.31. The van der Waals surface area contributed by atoms with Crippen LogP contribution in [0.2, 0.25) is 5.02 Å². The average Bonchev–Trinajstić information content (AvgIpc) is 2.74. The lowest BCUT2D eigenvalue weighted by Crippen LogP contribution is -2.51. The fourth-order valence-corrected chi connectivity index (χ4v) is 3.99. The van der Waals surface area contributed by atoms with E-state index in [1.54, 1.807) is 36.4 Å². The molecule has 0 radical (unpaired) electrons. The maximum atomic E-state index is 10.5. The van der Waals surface area contributed by atoms with Gasteiger partial charge in [-0.25, -0.2) is 0 Å². The lowest BCUT2D eigenvalue weighted by Gasteiger charge is -2.40. The summed E-state index contributed by atoms with van der Waals surface area (Å²) in [6.07, 6.45) is -5.15. The largest absolute Gasteiger partial charge is 0.494 e. The molecule has 29 heavy (non-hydrogen) atoms. The van der Waals surface area contributed by atoms with Crippen molar-refractivity contribution in [2.45, 2.75) is 50.4 Å². The van der Waals surface area contributed by atoms with Crippen LogP contribution < -0.4 is 4.74 Å². The summed E-state index contributed by atoms with van der Waals surface area (Å²) in [6.45, 7) is -1.67. The van der Waals surface area contributed by atoms with Crippen LogP contribution in [0.4, 0.5) is 0 Å². The molecule has 158 valence electrons. The predicted octanol–water partition coefficient (Wildman–Crippen LogP) is 2.90. The number of ether oxygens (including phenoxy) is 1. The third-order valence-electron chi connectivity index (χ3n) is 5.47. The van der Waals surface area contributed by atoms with E-state index in [-0.39, 0.29) is 12.4 Å². The van der Waals surface area contributed by atoms with E-state index in [9.17, 15) is 20.4 Å². The number of aliphatic hydroxyl groups excluding tert-OH is 4. The molecule has 2 aromatic rings. The van der Waals surface area contributed by atoms with Gasteiger partial charge in [0.2, 0.25) is 0 Å². The van der Waals surface area contributed by atoms with E-state index >= 15 is 0 Å². The number of rotatable bonds is 7. The molecule has 0 amide bonds. The molecule has 1 fully saturated rings. The standard InChI is InChI=1S/C23H29ClO5/c1-2-9-29-18-6-3-14(4-7-18)10-16-11-15(5-8-20(16)24)19-12-17(13-25)21(26)23(28)22(19)27/h3-8,11,17,19,21-23,25-28H,2,9-10,12-13H2,1H3/t17-,19+,21-,22+,23+/m1/s1/i2D2,9D2. The fraction of sp³-hybridized carbons (Fsp3) is 0.478. The molecular formula is C23H29ClO5. The molecule has 0 heterocycles. The van der Waals surface area contributed by atoms with E-state index in [4.69, 9.17) is 21.8 Å². The third-order valence-corrected chi connectivity index (χ3v) is 5.84. The Morgan fingerprint density at radius 2 is 1.79 bits per heavy atom. The number of benzene rings is 2. The first-order chi connectivity index (χ1) is 15.3. The second-order valence-electron chi connectivity index (χ2n) is 7.38. The summed E-state index contributed by atoms with van der Waals surface area (Å²) in [5.41, 5.74) is 2.37. The molecule has 1 aliphatic carbocycles. The summed E-state index contributed by atoms with van der Waals surface area (Å²) >= 11 is 6.39. The highest BCUT2D eigenvalue weighted by Gasteiger charge is 2.42. The van der Waals surface area contributed by atoms with Crippen molar-refractivity contribution in [3.63, 3.8) is 0 Å². The van der Waals surface area contributed by atoms with Gasteiger partial charge in [-0.05, 0) is 54.1 Å². The summed E-state index contributed by atoms with van der Waals surface area (Å²) < 4.78 is 35.8. The summed E-state index contributed by atoms with van der Waals surface area (Å²) in [5.74, 6) is -0.823. The highest BCUT2D eigenvalue weighted by Crippen LogP contribution is 2.38. The Bertz CT molecular complexity index is 949. The topological polar surface area (TPSA) is 90.2 Å². The molecule has 5 atom stereocenters. The summed E-state index contributed by atoms with van der Waals surface area (Å²) in [7, 11) is 0. The number of aliphatic hydroxyl groups is 4. The van der Waals surface area contributed by atoms with Crippen molar-refractivity contribution in [1.82, 2.24) is 0 Å². The molecule has 2 aromatic carbocycles. The molecular weight excluding hydrogens is 392 g/mol. The lowest BCUT2D eigenvalue weighted by atomic mass is 9.73. The molecule has 1 aliphatic rings. The molecule has 0 aromatic heterocycles. The van der Waals surface area contributed by atoms with Crippen LogP contribution in [0.5, 0.6) is 5.75 Å². The van der Waals surface area contributed by atoms with E-state index in [1.807, 2.05) is 6.07 Å². The second kappa shape index (κ2) is 9.92. The van der Waals surface area contributed by atoms with Crippen molar-refractivity contribution in [2.24, 2.45) is 5.92 Å². The Morgan fingerprint density at radius 1 is 1.07 bits per heavy atom. The van der Waals surface area contributed by atoms with Gasteiger partial charge in [0, 0.05) is 26.2 Å². The molecule has 0 bridgehead atoms. The van der Waals surface area contributed by atoms with Crippen LogP contribution >= 0.6 is 11.6 Å². The van der Waals surface area contributed by atoms with Crippen molar-refractivity contribution >= 4 is 11.6 Å². The molecule has 3 rings (SSSR count). The van der Waals surface area contributed by atoms with Gasteiger partial charge >= 0.3 is 0 Å². The lowest BCUT2D eigenvalue weighted by molar-refractivity contribution is -0.127. The molecule has 4 N–H and O–H groups in total. The SMILES string of the molecule is [2H]C([2H])(C)C([2H])([2H])Oc1ccc(Cc2cc([C@@H]3C[C@H](CO)[C@@H](O)[C@H](O)[C@H]3O)ccc2Cl)cc1. The minimum atomic E-state index is -2.49. The number of hydrogen-bond acceptors (Lipinski definition) is 5. The minimum absolute atomic E-state index is 0.197. The van der Waals surface area contributed by atoms with Crippen molar-refractivity contribution < 1.29 is 30.6 Å². The number of hydrogen-bond donors (Lipinski definition) is 4. The van der Waals surface area contributed by atoms with Crippen LogP contribution in [0.25, 0.3) is 0 Å². The normalized spacial score (nSPS) is 30.1. The van der Waals surface area contributed by atoms with Gasteiger partial charge in [-0.15, -0.1) is 0 Å². The van der Waals surface area contributed by atoms with E-state index in [0.717, 1.165) is 23.6 Å². The van der Waals surface area contributed by atoms with Crippen LogP contribution in [0.15, 0.2) is 42.5 Å². The van der Waals surface area contributed by atoms with Crippen molar-refractivity contribution in [3.05, 3.63) is 64.2 Å². The zero-order valence-electron chi connectivity index (χ0n) is 20.1. The summed E-state index contributed by atoms with van der Waals surface area (Å²) in [4.78, 5) is 0. The van der Waals surface area contributed by atoms with Gasteiger partial charge in [0.25, 0.3) is 0 Å². The van der Waals surface area contributed by atoms with Crippen molar-refractivity contribution in [2.75, 3.05) is 13.2 Å². The molecule has 0 unspecified atom stereocenters. The molecule has 0 spiro atoms. The quantitative estimate of drug-likeness (QED) is 0.548. The third kappa shape index (κ3) is 5.11. The van der Waals surface area contributed by atoms with Gasteiger partial charge in [-0.2, -0.15) is 0 Å². The Labute approximate surface area is 182 Å². The maximum absolute atomic E-state index is 10.5. The van der Waals surface area contributed by atoms with Crippen LogP contribution in [0.1, 0.15) is 47.8 Å². The molecule has 1 saturated carbocycles. The van der Waals surface area contributed by atoms with Gasteiger partial charge < -0.3 is 25.2 Å². The molecule has 0 saturated heterocycles. The maximum Gasteiger partial charge on any atom is 0.119 e. The minimum Gasteiger partial charge on any atom is -0.494 e. The van der Waals surface area contributed by atoms with E-state index in [1.165, 1.54) is 0 Å². The Kier molecular flexibility index (Phi) is 5.84. The number of halogens is 1. The zero-order chi connectivity index (χ0) is 24.6. The fourth-order valence-electron chi connectivity index (χ4n) is 3.81. The summed E-state index contributed by atoms with van der Waals surface area (Å²) in [5, 5.41) is 40.8. The monoisotopic (exact) mass is 424 g/mol. The van der Waals surface area contributed by atoms with Gasteiger partial charge in [-0.1, -0.05) is 42.8 Å². The van der Waals surface area contributed by atoms with Gasteiger partial charge in [-0.3, -0.25) is 0 Å². The molecule has 0 aliphatic heterocycles. The zero-order valence-corrected chi connectivity index (χ0v) is 16.9. The van der Waals surface area contributed by atoms with Crippen LogP contribution in [-0.2, 0) is 6.42 Å². The van der Waals surface area contributed by atoms with Crippen LogP contribution in [0.3, 0.4) is 0 Å². The Balaban J connectivity index is 1.78. The van der Waals surface area contributed by atoms with Crippen molar-refractivity contribution in [3.8, 4) is 5.75 Å². The predicted molar refractivity (Wildman–Crippen MR) is 112 cm³/mol. The summed E-state index contributed by atoms with van der Waals surface area (Å²) in [6, 6.07) is 11.9. The first-order valence-electron chi connectivity index (χ1n) is 11.6. The van der Waals surface area contributed by atoms with E-state index in [0.29, 0.717) is 17.9 Å². The smallest absolute Gasteiger partial charge is 0.119 e. The van der Waals surface area contributed by atoms with Gasteiger partial charge in [0.1, 0.15) is 11.9 Å². The van der Waals surface area contributed by atoms with Crippen molar-refractivity contribution in [1.29, 1.82) is 0 Å². The molecule has 6 heteroatoms. The van der Waals surface area contributed by atoms with Crippen LogP contribution in [-0.4, -0.2) is 51.9 Å². The first kappa shape index (κ1) is 17.1. The van der Waals surface area contributed by atoms with Crippen LogP contribution in [0, 0.1) is 5.92 Å². The van der Waals surface area contributed by atoms with Gasteiger partial charge in [0.05, 0.1) is 21.5 Å². The second-order valence-corrected chi connectivity index (χ2v) is 7.79. The Morgan fingerprint density at radius 3 is 2.45 bits per heavy atom. The first-order valence-corrected chi connectivity index (χ1v) is 9.93. The average molecular weight is 425 g/mol.